The van der Waals surface area contributed by atoms with Crippen LogP contribution in [0.3, 0.4) is 0 Å². The average molecular weight is 812 g/mol. The van der Waals surface area contributed by atoms with E-state index < -0.39 is 18.1 Å². The second kappa shape index (κ2) is 40.5. The van der Waals surface area contributed by atoms with Gasteiger partial charge < -0.3 is 28.6 Å². The van der Waals surface area contributed by atoms with E-state index in [0.29, 0.717) is 12.8 Å². The summed E-state index contributed by atoms with van der Waals surface area (Å²) in [5.41, 5.74) is 0. The highest BCUT2D eigenvalue weighted by Gasteiger charge is 2.25. The van der Waals surface area contributed by atoms with Crippen molar-refractivity contribution < 1.29 is 38.2 Å². The molecule has 0 aliphatic rings. The molecule has 0 aliphatic carbocycles. The van der Waals surface area contributed by atoms with Gasteiger partial charge >= 0.3 is 11.9 Å². The SMILES string of the molecule is CC/C=C/C/C=C/C/C=C/C/C=C/CCCCCCCCCC(=O)OC(COCCC(C(=O)[O-])[N+](C)(C)C)COC(=O)CCCCCCCCC/C=C/C/C=C/CC. The maximum Gasteiger partial charge on any atom is 0.306 e. The van der Waals surface area contributed by atoms with Gasteiger partial charge in [0, 0.05) is 19.3 Å². The molecule has 0 aromatic carbocycles. The van der Waals surface area contributed by atoms with E-state index in [1.54, 1.807) is 21.1 Å². The van der Waals surface area contributed by atoms with Gasteiger partial charge in [0.1, 0.15) is 12.6 Å². The van der Waals surface area contributed by atoms with Crippen molar-refractivity contribution in [2.45, 2.75) is 187 Å². The quantitative estimate of drug-likeness (QED) is 0.0263. The first-order valence-electron chi connectivity index (χ1n) is 23.0. The molecule has 0 N–H and O–H groups in total. The second-order valence-corrected chi connectivity index (χ2v) is 16.2. The number of unbranched alkanes of at least 4 members (excludes halogenated alkanes) is 14. The summed E-state index contributed by atoms with van der Waals surface area (Å²) >= 11 is 0. The van der Waals surface area contributed by atoms with Crippen LogP contribution in [-0.2, 0) is 28.6 Å². The Morgan fingerprint density at radius 2 is 0.914 bits per heavy atom. The Kier molecular flexibility index (Phi) is 38.3. The van der Waals surface area contributed by atoms with Crippen LogP contribution < -0.4 is 5.11 Å². The summed E-state index contributed by atoms with van der Waals surface area (Å²) in [6, 6.07) is -0.732. The van der Waals surface area contributed by atoms with Gasteiger partial charge in [0.25, 0.3) is 0 Å². The van der Waals surface area contributed by atoms with Crippen molar-refractivity contribution in [3.05, 3.63) is 72.9 Å². The van der Waals surface area contributed by atoms with Gasteiger partial charge in [-0.3, -0.25) is 9.59 Å². The maximum atomic E-state index is 12.7. The lowest BCUT2D eigenvalue weighted by Crippen LogP contribution is -2.55. The van der Waals surface area contributed by atoms with Gasteiger partial charge in [-0.1, -0.05) is 151 Å². The molecule has 58 heavy (non-hydrogen) atoms. The van der Waals surface area contributed by atoms with E-state index in [2.05, 4.69) is 86.8 Å². The highest BCUT2D eigenvalue weighted by molar-refractivity contribution is 5.70. The number of likely N-dealkylation sites (N-methyl/N-ethyl adjacent to an activating group) is 1. The fourth-order valence-electron chi connectivity index (χ4n) is 6.33. The van der Waals surface area contributed by atoms with Gasteiger partial charge in [0.05, 0.1) is 40.3 Å². The Bertz CT molecular complexity index is 1180. The van der Waals surface area contributed by atoms with Crippen LogP contribution >= 0.6 is 0 Å². The lowest BCUT2D eigenvalue weighted by molar-refractivity contribution is -0.889. The van der Waals surface area contributed by atoms with E-state index in [0.717, 1.165) is 96.3 Å². The molecule has 0 amide bonds. The fourth-order valence-corrected chi connectivity index (χ4v) is 6.33. The first kappa shape index (κ1) is 54.8. The molecule has 0 saturated heterocycles. The van der Waals surface area contributed by atoms with Crippen LogP contribution in [0.2, 0.25) is 0 Å². The zero-order valence-electron chi connectivity index (χ0n) is 37.7. The number of hydrogen-bond donors (Lipinski definition) is 0. The third-order valence-electron chi connectivity index (χ3n) is 9.84. The average Bonchev–Trinajstić information content (AvgIpc) is 3.18. The predicted octanol–water partition coefficient (Wildman–Crippen LogP) is 11.4. The molecule has 332 valence electrons. The topological polar surface area (TPSA) is 102 Å². The number of carboxylic acids is 1. The number of carboxylic acid groups (broad SMARTS) is 1. The Hall–Kier alpha value is -3.23. The maximum absolute atomic E-state index is 12.7. The summed E-state index contributed by atoms with van der Waals surface area (Å²) in [6.07, 6.45) is 50.7. The molecule has 0 radical (unpaired) electrons. The summed E-state index contributed by atoms with van der Waals surface area (Å²) in [5, 5.41) is 11.6. The Morgan fingerprint density at radius 3 is 1.34 bits per heavy atom. The molecule has 0 rings (SSSR count). The zero-order valence-corrected chi connectivity index (χ0v) is 37.7. The van der Waals surface area contributed by atoms with E-state index >= 15 is 0 Å². The zero-order chi connectivity index (χ0) is 42.8. The summed E-state index contributed by atoms with van der Waals surface area (Å²) in [5.74, 6) is -1.77. The van der Waals surface area contributed by atoms with Crippen LogP contribution in [0.1, 0.15) is 174 Å². The van der Waals surface area contributed by atoms with Crippen molar-refractivity contribution in [3.63, 3.8) is 0 Å². The summed E-state index contributed by atoms with van der Waals surface area (Å²) < 4.78 is 17.2. The molecule has 8 nitrogen and oxygen atoms in total. The molecular formula is C50H85NO7. The minimum atomic E-state index is -1.13. The molecule has 0 fully saturated rings. The van der Waals surface area contributed by atoms with Crippen LogP contribution in [-0.4, -0.2) is 75.5 Å². The lowest BCUT2D eigenvalue weighted by Gasteiger charge is -2.34. The molecule has 0 heterocycles. The standard InChI is InChI=1S/C50H85NO7/c1-6-8-10-12-14-16-18-20-22-23-24-25-26-27-29-31-33-35-37-39-41-49(53)58-46(44-56-43-42-47(50(54)55)51(3,4)5)45-57-48(52)40-38-36-34-32-30-28-21-19-17-15-13-11-9-7-2/h8-11,14-17,20,22,24-25,46-47H,6-7,12-13,18-19,21,23,26-45H2,1-5H3/b10-8+,11-9+,16-14+,17-15+,22-20+,25-24+. The number of ether oxygens (including phenoxy) is 3. The molecule has 0 aromatic rings. The molecule has 0 bridgehead atoms. The van der Waals surface area contributed by atoms with Crippen LogP contribution in [0.4, 0.5) is 0 Å². The molecule has 0 aliphatic heterocycles. The highest BCUT2D eigenvalue weighted by atomic mass is 16.6. The van der Waals surface area contributed by atoms with Gasteiger partial charge in [-0.15, -0.1) is 0 Å². The van der Waals surface area contributed by atoms with E-state index in [9.17, 15) is 19.5 Å². The van der Waals surface area contributed by atoms with Crippen molar-refractivity contribution >= 4 is 17.9 Å². The second-order valence-electron chi connectivity index (χ2n) is 16.2. The third kappa shape index (κ3) is 38.3. The Morgan fingerprint density at radius 1 is 0.517 bits per heavy atom. The van der Waals surface area contributed by atoms with Gasteiger partial charge in [-0.25, -0.2) is 0 Å². The van der Waals surface area contributed by atoms with E-state index in [1.807, 2.05) is 0 Å². The molecule has 0 saturated carbocycles. The predicted molar refractivity (Wildman–Crippen MR) is 240 cm³/mol. The lowest BCUT2D eigenvalue weighted by atomic mass is 10.1. The Labute approximate surface area is 355 Å². The molecule has 0 aromatic heterocycles. The van der Waals surface area contributed by atoms with Crippen molar-refractivity contribution in [1.82, 2.24) is 0 Å². The molecule has 0 spiro atoms. The number of hydrogen-bond acceptors (Lipinski definition) is 7. The minimum absolute atomic E-state index is 0.0303. The van der Waals surface area contributed by atoms with Crippen molar-refractivity contribution in [3.8, 4) is 0 Å². The van der Waals surface area contributed by atoms with Gasteiger partial charge in [-0.2, -0.15) is 0 Å². The third-order valence-corrected chi connectivity index (χ3v) is 9.84. The largest absolute Gasteiger partial charge is 0.544 e. The first-order valence-corrected chi connectivity index (χ1v) is 23.0. The molecule has 8 heteroatoms. The van der Waals surface area contributed by atoms with E-state index in [-0.39, 0.29) is 42.7 Å². The van der Waals surface area contributed by atoms with Crippen LogP contribution in [0.25, 0.3) is 0 Å². The number of rotatable bonds is 40. The van der Waals surface area contributed by atoms with Crippen LogP contribution in [0, 0.1) is 0 Å². The number of esters is 2. The number of allylic oxidation sites excluding steroid dienone is 12. The number of aliphatic carboxylic acids is 1. The van der Waals surface area contributed by atoms with Crippen molar-refractivity contribution in [2.75, 3.05) is 41.0 Å². The highest BCUT2D eigenvalue weighted by Crippen LogP contribution is 2.14. The summed E-state index contributed by atoms with van der Waals surface area (Å²) in [7, 11) is 5.40. The van der Waals surface area contributed by atoms with Crippen LogP contribution in [0.15, 0.2) is 72.9 Å². The number of quaternary nitrogens is 1. The van der Waals surface area contributed by atoms with Gasteiger partial charge in [-0.05, 0) is 77.0 Å². The fraction of sp³-hybridized carbons (Fsp3) is 0.700. The van der Waals surface area contributed by atoms with Gasteiger partial charge in [0.2, 0.25) is 0 Å². The first-order chi connectivity index (χ1) is 28.1. The summed E-state index contributed by atoms with van der Waals surface area (Å²) in [4.78, 5) is 36.9. The molecule has 2 atom stereocenters. The number of nitrogens with zero attached hydrogens (tertiary/aromatic N) is 1. The normalized spacial score (nSPS) is 13.6. The number of carbonyl (C=O) groups is 3. The summed E-state index contributed by atoms with van der Waals surface area (Å²) in [6.45, 7) is 4.42. The van der Waals surface area contributed by atoms with E-state index in [1.165, 1.54) is 44.9 Å². The smallest absolute Gasteiger partial charge is 0.306 e. The monoisotopic (exact) mass is 812 g/mol. The van der Waals surface area contributed by atoms with E-state index in [4.69, 9.17) is 14.2 Å². The Balaban J connectivity index is 4.34. The molecule has 2 unspecified atom stereocenters. The van der Waals surface area contributed by atoms with Gasteiger partial charge in [0.15, 0.2) is 6.10 Å². The van der Waals surface area contributed by atoms with Crippen molar-refractivity contribution in [2.24, 2.45) is 0 Å². The molecular weight excluding hydrogens is 727 g/mol. The van der Waals surface area contributed by atoms with Crippen LogP contribution in [0.5, 0.6) is 0 Å². The minimum Gasteiger partial charge on any atom is -0.544 e. The van der Waals surface area contributed by atoms with Crippen molar-refractivity contribution in [1.29, 1.82) is 0 Å². The number of carbonyl (C=O) groups excluding carboxylic acids is 3.